The maximum absolute atomic E-state index is 12.7. The smallest absolute Gasteiger partial charge is 0.239 e. The fourth-order valence-electron chi connectivity index (χ4n) is 2.19. The van der Waals surface area contributed by atoms with Crippen LogP contribution in [0.15, 0.2) is 48.5 Å². The van der Waals surface area contributed by atoms with Crippen molar-refractivity contribution in [2.45, 2.75) is 20.8 Å². The van der Waals surface area contributed by atoms with Crippen molar-refractivity contribution in [3.63, 3.8) is 0 Å². The molecule has 0 bridgehead atoms. The first-order valence-corrected chi connectivity index (χ1v) is 8.23. The average Bonchev–Trinajstić information content (AvgIpc) is 2.63. The van der Waals surface area contributed by atoms with E-state index in [0.29, 0.717) is 29.3 Å². The van der Waals surface area contributed by atoms with Crippen LogP contribution in [0.1, 0.15) is 26.3 Å². The van der Waals surface area contributed by atoms with Gasteiger partial charge < -0.3 is 15.4 Å². The van der Waals surface area contributed by atoms with Gasteiger partial charge in [-0.1, -0.05) is 18.2 Å². The second kappa shape index (κ2) is 8.17. The number of nitrogens with one attached hydrogen (secondary N) is 2. The van der Waals surface area contributed by atoms with Gasteiger partial charge in [-0.05, 0) is 51.1 Å². The van der Waals surface area contributed by atoms with Crippen molar-refractivity contribution in [2.75, 3.05) is 17.2 Å². The van der Waals surface area contributed by atoms with Crippen LogP contribution in [-0.2, 0) is 9.59 Å². The largest absolute Gasteiger partial charge is 0.492 e. The molecule has 0 saturated heterocycles. The molecular weight excluding hydrogens is 330 g/mol. The lowest BCUT2D eigenvalue weighted by Crippen LogP contribution is -2.41. The van der Waals surface area contributed by atoms with Gasteiger partial charge in [0, 0.05) is 5.69 Å². The number of anilines is 2. The maximum atomic E-state index is 12.7. The first-order valence-electron chi connectivity index (χ1n) is 8.23. The summed E-state index contributed by atoms with van der Waals surface area (Å²) in [6.45, 7) is 5.39. The normalized spacial score (nSPS) is 10.5. The molecule has 0 aliphatic heterocycles. The van der Waals surface area contributed by atoms with Gasteiger partial charge >= 0.3 is 0 Å². The van der Waals surface area contributed by atoms with Crippen LogP contribution >= 0.6 is 0 Å². The van der Waals surface area contributed by atoms with Crippen molar-refractivity contribution in [3.8, 4) is 11.8 Å². The molecule has 2 N–H and O–H groups in total. The summed E-state index contributed by atoms with van der Waals surface area (Å²) >= 11 is 0. The van der Waals surface area contributed by atoms with Crippen LogP contribution in [0.5, 0.6) is 5.75 Å². The van der Waals surface area contributed by atoms with Crippen LogP contribution in [0, 0.1) is 16.7 Å². The van der Waals surface area contributed by atoms with Gasteiger partial charge in [-0.2, -0.15) is 5.26 Å². The summed E-state index contributed by atoms with van der Waals surface area (Å²) in [4.78, 5) is 25.3. The molecule has 6 heteroatoms. The SMILES string of the molecule is CCOc1ccccc1NC(=O)C(C)(C)C(=O)Nc1cccc(C#N)c1. The summed E-state index contributed by atoms with van der Waals surface area (Å²) < 4.78 is 5.49. The highest BCUT2D eigenvalue weighted by atomic mass is 16.5. The molecule has 6 nitrogen and oxygen atoms in total. The highest BCUT2D eigenvalue weighted by molar-refractivity contribution is 6.14. The number of hydrogen-bond acceptors (Lipinski definition) is 4. The molecule has 0 saturated carbocycles. The van der Waals surface area contributed by atoms with Gasteiger partial charge in [-0.25, -0.2) is 0 Å². The molecule has 2 aromatic carbocycles. The van der Waals surface area contributed by atoms with E-state index in [1.807, 2.05) is 13.0 Å². The summed E-state index contributed by atoms with van der Waals surface area (Å²) in [5.41, 5.74) is 0.0640. The maximum Gasteiger partial charge on any atom is 0.239 e. The second-order valence-electron chi connectivity index (χ2n) is 6.16. The Morgan fingerprint density at radius 2 is 1.77 bits per heavy atom. The van der Waals surface area contributed by atoms with Gasteiger partial charge in [0.15, 0.2) is 0 Å². The average molecular weight is 351 g/mol. The van der Waals surface area contributed by atoms with Crippen molar-refractivity contribution in [1.29, 1.82) is 5.26 Å². The lowest BCUT2D eigenvalue weighted by molar-refractivity contribution is -0.135. The number of nitrogens with zero attached hydrogens (tertiary/aromatic N) is 1. The fraction of sp³-hybridized carbons (Fsp3) is 0.250. The third-order valence-electron chi connectivity index (χ3n) is 3.82. The topological polar surface area (TPSA) is 91.2 Å². The minimum absolute atomic E-state index is 0.427. The van der Waals surface area contributed by atoms with Crippen molar-refractivity contribution in [1.82, 2.24) is 0 Å². The predicted octanol–water partition coefficient (Wildman–Crippen LogP) is 3.56. The minimum Gasteiger partial charge on any atom is -0.492 e. The molecule has 26 heavy (non-hydrogen) atoms. The van der Waals surface area contributed by atoms with E-state index in [2.05, 4.69) is 10.6 Å². The zero-order chi connectivity index (χ0) is 19.2. The van der Waals surface area contributed by atoms with Crippen molar-refractivity contribution < 1.29 is 14.3 Å². The van der Waals surface area contributed by atoms with E-state index in [1.54, 1.807) is 48.5 Å². The van der Waals surface area contributed by atoms with Crippen LogP contribution in [0.4, 0.5) is 11.4 Å². The van der Waals surface area contributed by atoms with E-state index in [-0.39, 0.29) is 0 Å². The zero-order valence-electron chi connectivity index (χ0n) is 15.0. The van der Waals surface area contributed by atoms with Crippen molar-refractivity contribution in [2.24, 2.45) is 5.41 Å². The molecule has 0 fully saturated rings. The third kappa shape index (κ3) is 4.39. The van der Waals surface area contributed by atoms with E-state index in [4.69, 9.17) is 10.00 Å². The molecule has 2 aromatic rings. The Balaban J connectivity index is 2.14. The zero-order valence-corrected chi connectivity index (χ0v) is 15.0. The summed E-state index contributed by atoms with van der Waals surface area (Å²) in [6, 6.07) is 15.6. The number of hydrogen-bond donors (Lipinski definition) is 2. The Bertz CT molecular complexity index is 853. The van der Waals surface area contributed by atoms with Crippen LogP contribution in [0.2, 0.25) is 0 Å². The number of para-hydroxylation sites is 2. The molecule has 134 valence electrons. The summed E-state index contributed by atoms with van der Waals surface area (Å²) in [5, 5.41) is 14.4. The molecule has 0 unspecified atom stereocenters. The third-order valence-corrected chi connectivity index (χ3v) is 3.82. The van der Waals surface area contributed by atoms with E-state index < -0.39 is 17.2 Å². The summed E-state index contributed by atoms with van der Waals surface area (Å²) in [6.07, 6.45) is 0. The van der Waals surface area contributed by atoms with Gasteiger partial charge in [0.25, 0.3) is 0 Å². The highest BCUT2D eigenvalue weighted by Gasteiger charge is 2.36. The monoisotopic (exact) mass is 351 g/mol. The Morgan fingerprint density at radius 3 is 2.46 bits per heavy atom. The first-order chi connectivity index (χ1) is 12.4. The van der Waals surface area contributed by atoms with E-state index in [9.17, 15) is 9.59 Å². The second-order valence-corrected chi connectivity index (χ2v) is 6.16. The Labute approximate surface area is 152 Å². The number of nitriles is 1. The summed E-state index contributed by atoms with van der Waals surface area (Å²) in [5.74, 6) is -0.390. The quantitative estimate of drug-likeness (QED) is 0.779. The molecular formula is C20H21N3O3. The number of carbonyl (C=O) groups excluding carboxylic acids is 2. The van der Waals surface area contributed by atoms with E-state index in [1.165, 1.54) is 13.8 Å². The molecule has 2 amide bonds. The first kappa shape index (κ1) is 19.0. The standard InChI is InChI=1S/C20H21N3O3/c1-4-26-17-11-6-5-10-16(17)23-19(25)20(2,3)18(24)22-15-9-7-8-14(12-15)13-21/h5-12H,4H2,1-3H3,(H,22,24)(H,23,25). The fourth-order valence-corrected chi connectivity index (χ4v) is 2.19. The predicted molar refractivity (Wildman–Crippen MR) is 99.8 cm³/mol. The van der Waals surface area contributed by atoms with Crippen molar-refractivity contribution in [3.05, 3.63) is 54.1 Å². The highest BCUT2D eigenvalue weighted by Crippen LogP contribution is 2.27. The summed E-state index contributed by atoms with van der Waals surface area (Å²) in [7, 11) is 0. The molecule has 0 aliphatic carbocycles. The number of rotatable bonds is 6. The van der Waals surface area contributed by atoms with Gasteiger partial charge in [0.2, 0.25) is 11.8 Å². The molecule has 0 heterocycles. The Kier molecular flexibility index (Phi) is 5.97. The Morgan fingerprint density at radius 1 is 1.08 bits per heavy atom. The van der Waals surface area contributed by atoms with Gasteiger partial charge in [0.1, 0.15) is 11.2 Å². The molecule has 0 aliphatic rings. The van der Waals surface area contributed by atoms with Gasteiger partial charge in [0.05, 0.1) is 23.9 Å². The number of amides is 2. The molecule has 0 atom stereocenters. The molecule has 0 spiro atoms. The molecule has 0 aromatic heterocycles. The van der Waals surface area contributed by atoms with Gasteiger partial charge in [-0.3, -0.25) is 9.59 Å². The molecule has 2 rings (SSSR count). The van der Waals surface area contributed by atoms with Gasteiger partial charge in [-0.15, -0.1) is 0 Å². The lowest BCUT2D eigenvalue weighted by atomic mass is 9.90. The lowest BCUT2D eigenvalue weighted by Gasteiger charge is -2.23. The minimum atomic E-state index is -1.33. The van der Waals surface area contributed by atoms with Crippen LogP contribution in [0.3, 0.4) is 0 Å². The van der Waals surface area contributed by atoms with Crippen LogP contribution < -0.4 is 15.4 Å². The van der Waals surface area contributed by atoms with Crippen LogP contribution in [0.25, 0.3) is 0 Å². The van der Waals surface area contributed by atoms with E-state index in [0.717, 1.165) is 0 Å². The van der Waals surface area contributed by atoms with E-state index >= 15 is 0 Å². The number of carbonyl (C=O) groups is 2. The van der Waals surface area contributed by atoms with Crippen LogP contribution in [-0.4, -0.2) is 18.4 Å². The molecule has 0 radical (unpaired) electrons. The number of ether oxygens (including phenoxy) is 1. The number of benzene rings is 2. The van der Waals surface area contributed by atoms with Crippen molar-refractivity contribution >= 4 is 23.2 Å². The Hall–Kier alpha value is -3.33.